The zero-order chi connectivity index (χ0) is 23.2. The number of benzene rings is 1. The molecule has 2 aromatic rings. The summed E-state index contributed by atoms with van der Waals surface area (Å²) in [6, 6.07) is 9.31. The number of hydrogen-bond donors (Lipinski definition) is 1. The SMILES string of the molecule is Cc1ccc(C2(C)CC(C3CC(O)CN3C(=O)C(c3cc(C)no3)C(C)C)=NC2=O)cc1. The van der Waals surface area contributed by atoms with Crippen molar-refractivity contribution in [2.24, 2.45) is 10.9 Å². The van der Waals surface area contributed by atoms with Crippen molar-refractivity contribution >= 4 is 17.5 Å². The molecule has 7 heteroatoms. The summed E-state index contributed by atoms with van der Waals surface area (Å²) in [5.41, 5.74) is 2.67. The zero-order valence-electron chi connectivity index (χ0n) is 19.3. The van der Waals surface area contributed by atoms with Gasteiger partial charge in [0, 0.05) is 31.2 Å². The maximum atomic E-state index is 13.6. The van der Waals surface area contributed by atoms with Crippen molar-refractivity contribution in [3.63, 3.8) is 0 Å². The van der Waals surface area contributed by atoms with Gasteiger partial charge >= 0.3 is 0 Å². The fourth-order valence-corrected chi connectivity index (χ4v) is 4.89. The molecule has 2 amide bonds. The molecule has 2 aliphatic heterocycles. The summed E-state index contributed by atoms with van der Waals surface area (Å²) >= 11 is 0. The number of hydrogen-bond acceptors (Lipinski definition) is 5. The van der Waals surface area contributed by atoms with Crippen LogP contribution in [0, 0.1) is 19.8 Å². The number of aryl methyl sites for hydroxylation is 2. The molecular weight excluding hydrogens is 406 g/mol. The molecule has 1 fully saturated rings. The minimum atomic E-state index is -0.759. The van der Waals surface area contributed by atoms with Gasteiger partial charge in [0.15, 0.2) is 0 Å². The highest BCUT2D eigenvalue weighted by molar-refractivity contribution is 6.11. The van der Waals surface area contributed by atoms with E-state index in [1.165, 1.54) is 0 Å². The zero-order valence-corrected chi connectivity index (χ0v) is 19.3. The number of β-amino-alcohol motifs (C(OH)–C–C–N with tert-alkyl or cyclic N) is 1. The van der Waals surface area contributed by atoms with Crippen LogP contribution in [0.4, 0.5) is 0 Å². The second-order valence-electron chi connectivity index (χ2n) is 9.77. The third kappa shape index (κ3) is 3.90. The van der Waals surface area contributed by atoms with E-state index in [4.69, 9.17) is 4.52 Å². The Bertz CT molecular complexity index is 1060. The van der Waals surface area contributed by atoms with Crippen molar-refractivity contribution in [2.75, 3.05) is 6.54 Å². The van der Waals surface area contributed by atoms with Crippen molar-refractivity contribution in [1.82, 2.24) is 10.1 Å². The van der Waals surface area contributed by atoms with E-state index in [9.17, 15) is 14.7 Å². The molecule has 0 bridgehead atoms. The van der Waals surface area contributed by atoms with Gasteiger partial charge in [-0.3, -0.25) is 9.59 Å². The minimum absolute atomic E-state index is 0.0155. The van der Waals surface area contributed by atoms with Crippen LogP contribution in [0.15, 0.2) is 39.8 Å². The van der Waals surface area contributed by atoms with Crippen LogP contribution in [0.2, 0.25) is 0 Å². The van der Waals surface area contributed by atoms with E-state index in [1.807, 2.05) is 58.9 Å². The molecule has 7 nitrogen and oxygen atoms in total. The summed E-state index contributed by atoms with van der Waals surface area (Å²) in [5.74, 6) is -0.326. The van der Waals surface area contributed by atoms with Gasteiger partial charge in [-0.15, -0.1) is 0 Å². The highest BCUT2D eigenvalue weighted by Crippen LogP contribution is 2.39. The Morgan fingerprint density at radius 2 is 1.94 bits per heavy atom. The smallest absolute Gasteiger partial charge is 0.256 e. The monoisotopic (exact) mass is 437 g/mol. The van der Waals surface area contributed by atoms with E-state index < -0.39 is 23.5 Å². The fraction of sp³-hybridized carbons (Fsp3) is 0.520. The van der Waals surface area contributed by atoms with Crippen LogP contribution >= 0.6 is 0 Å². The largest absolute Gasteiger partial charge is 0.391 e. The minimum Gasteiger partial charge on any atom is -0.391 e. The Labute approximate surface area is 188 Å². The van der Waals surface area contributed by atoms with Crippen molar-refractivity contribution in [3.8, 4) is 0 Å². The third-order valence-corrected chi connectivity index (χ3v) is 6.77. The first kappa shape index (κ1) is 22.4. The predicted octanol–water partition coefficient (Wildman–Crippen LogP) is 3.32. The van der Waals surface area contributed by atoms with Gasteiger partial charge in [-0.05, 0) is 32.3 Å². The van der Waals surface area contributed by atoms with Gasteiger partial charge in [-0.25, -0.2) is 4.99 Å². The number of aliphatic hydroxyl groups is 1. The maximum Gasteiger partial charge on any atom is 0.256 e. The van der Waals surface area contributed by atoms with Gasteiger partial charge in [0.25, 0.3) is 5.91 Å². The van der Waals surface area contributed by atoms with Crippen LogP contribution in [-0.2, 0) is 15.0 Å². The van der Waals surface area contributed by atoms with E-state index >= 15 is 0 Å². The number of aromatic nitrogens is 1. The number of likely N-dealkylation sites (tertiary alicyclic amines) is 1. The number of nitrogens with zero attached hydrogens (tertiary/aromatic N) is 3. The summed E-state index contributed by atoms with van der Waals surface area (Å²) in [4.78, 5) is 32.7. The molecular formula is C25H31N3O4. The van der Waals surface area contributed by atoms with Crippen LogP contribution in [0.3, 0.4) is 0 Å². The molecule has 0 radical (unpaired) electrons. The Hall–Kier alpha value is -2.80. The lowest BCUT2D eigenvalue weighted by atomic mass is 9.78. The second kappa shape index (κ2) is 8.28. The molecule has 0 saturated carbocycles. The van der Waals surface area contributed by atoms with Crippen molar-refractivity contribution in [1.29, 1.82) is 0 Å². The molecule has 4 unspecified atom stereocenters. The molecule has 1 saturated heterocycles. The fourth-order valence-electron chi connectivity index (χ4n) is 4.89. The van der Waals surface area contributed by atoms with Crippen LogP contribution in [-0.4, -0.2) is 51.4 Å². The van der Waals surface area contributed by atoms with Gasteiger partial charge < -0.3 is 14.5 Å². The molecule has 1 aromatic carbocycles. The van der Waals surface area contributed by atoms with Gasteiger partial charge in [0.2, 0.25) is 5.91 Å². The third-order valence-electron chi connectivity index (χ3n) is 6.77. The van der Waals surface area contributed by atoms with Crippen molar-refractivity contribution in [2.45, 2.75) is 70.9 Å². The lowest BCUT2D eigenvalue weighted by Crippen LogP contribution is -2.44. The molecule has 1 aromatic heterocycles. The number of rotatable bonds is 5. The average Bonchev–Trinajstić information content (AvgIpc) is 3.40. The summed E-state index contributed by atoms with van der Waals surface area (Å²) in [5, 5.41) is 14.4. The molecule has 4 rings (SSSR count). The molecule has 1 N–H and O–H groups in total. The molecule has 3 heterocycles. The first-order valence-electron chi connectivity index (χ1n) is 11.2. The summed E-state index contributed by atoms with van der Waals surface area (Å²) in [7, 11) is 0. The second-order valence-corrected chi connectivity index (χ2v) is 9.77. The van der Waals surface area contributed by atoms with E-state index in [0.29, 0.717) is 24.3 Å². The number of amides is 2. The molecule has 2 aliphatic rings. The van der Waals surface area contributed by atoms with E-state index in [1.54, 1.807) is 11.0 Å². The Balaban J connectivity index is 1.61. The normalized spacial score (nSPS) is 26.7. The lowest BCUT2D eigenvalue weighted by Gasteiger charge is -2.30. The summed E-state index contributed by atoms with van der Waals surface area (Å²) in [6.07, 6.45) is 0.156. The summed E-state index contributed by atoms with van der Waals surface area (Å²) < 4.78 is 5.43. The van der Waals surface area contributed by atoms with Gasteiger partial charge in [0.05, 0.1) is 23.3 Å². The lowest BCUT2D eigenvalue weighted by molar-refractivity contribution is -0.134. The number of carbonyl (C=O) groups is 2. The highest BCUT2D eigenvalue weighted by Gasteiger charge is 2.48. The van der Waals surface area contributed by atoms with Crippen LogP contribution in [0.5, 0.6) is 0 Å². The Kier molecular flexibility index (Phi) is 5.79. The van der Waals surface area contributed by atoms with Crippen LogP contribution in [0.25, 0.3) is 0 Å². The number of carbonyl (C=O) groups excluding carboxylic acids is 2. The van der Waals surface area contributed by atoms with Gasteiger partial charge in [0.1, 0.15) is 11.7 Å². The average molecular weight is 438 g/mol. The predicted molar refractivity (Wildman–Crippen MR) is 121 cm³/mol. The van der Waals surface area contributed by atoms with E-state index in [0.717, 1.165) is 16.8 Å². The Morgan fingerprint density at radius 3 is 2.53 bits per heavy atom. The molecule has 4 atom stereocenters. The molecule has 32 heavy (non-hydrogen) atoms. The van der Waals surface area contributed by atoms with Gasteiger partial charge in [-0.1, -0.05) is 48.8 Å². The van der Waals surface area contributed by atoms with Crippen molar-refractivity contribution < 1.29 is 19.2 Å². The van der Waals surface area contributed by atoms with Gasteiger partial charge in [-0.2, -0.15) is 0 Å². The maximum absolute atomic E-state index is 13.6. The Morgan fingerprint density at radius 1 is 1.25 bits per heavy atom. The van der Waals surface area contributed by atoms with Crippen molar-refractivity contribution in [3.05, 3.63) is 52.9 Å². The van der Waals surface area contributed by atoms with E-state index in [-0.39, 0.29) is 24.3 Å². The van der Waals surface area contributed by atoms with Crippen LogP contribution < -0.4 is 0 Å². The first-order chi connectivity index (χ1) is 15.1. The molecule has 0 aliphatic carbocycles. The molecule has 0 spiro atoms. The topological polar surface area (TPSA) is 96.0 Å². The highest BCUT2D eigenvalue weighted by atomic mass is 16.5. The standard InChI is InChI=1S/C25H31N3O4/c1-14(2)22(21-10-16(4)27-32-21)23(30)28-13-18(29)11-20(28)19-12-25(5,24(31)26-19)17-8-6-15(3)7-9-17/h6-10,14,18,20,22,29H,11-13H2,1-5H3. The summed E-state index contributed by atoms with van der Waals surface area (Å²) in [6.45, 7) is 9.88. The molecule has 170 valence electrons. The van der Waals surface area contributed by atoms with Crippen LogP contribution in [0.1, 0.15) is 62.1 Å². The quantitative estimate of drug-likeness (QED) is 0.774. The number of aliphatic hydroxyl groups excluding tert-OH is 1. The first-order valence-corrected chi connectivity index (χ1v) is 11.2. The van der Waals surface area contributed by atoms with E-state index in [2.05, 4.69) is 10.1 Å². The number of aliphatic imine (C=N–C) groups is 1.